The van der Waals surface area contributed by atoms with Gasteiger partial charge in [-0.25, -0.2) is 4.90 Å². The Morgan fingerprint density at radius 1 is 1.12 bits per heavy atom. The van der Waals surface area contributed by atoms with Crippen LogP contribution in [0.3, 0.4) is 0 Å². The standard InChI is InChI=1S/C23H20N4O6/c1-33-14-8-9-16-15(11-14)23(22(30)24-16)19-18(17-3-2-10-25(17)23)20(28)26(21(19)29)12-4-6-13(7-5-12)27(31)32/h4-9,11,17-19H,2-3,10H2,1H3,(H,24,30)/t17-,18-,19+,23+/m1/s1. The third-order valence-electron chi connectivity index (χ3n) is 7.52. The van der Waals surface area contributed by atoms with Gasteiger partial charge in [0.25, 0.3) is 5.69 Å². The first-order valence-corrected chi connectivity index (χ1v) is 10.8. The van der Waals surface area contributed by atoms with Crippen LogP contribution in [0.5, 0.6) is 5.75 Å². The van der Waals surface area contributed by atoms with Crippen LogP contribution >= 0.6 is 0 Å². The highest BCUT2D eigenvalue weighted by atomic mass is 16.6. The number of rotatable bonds is 3. The fourth-order valence-electron chi connectivity index (χ4n) is 6.29. The Bertz CT molecular complexity index is 1240. The lowest BCUT2D eigenvalue weighted by molar-refractivity contribution is -0.384. The Morgan fingerprint density at radius 2 is 1.88 bits per heavy atom. The second-order valence-electron chi connectivity index (χ2n) is 8.82. The molecule has 3 amide bonds. The first kappa shape index (κ1) is 19.9. The van der Waals surface area contributed by atoms with Crippen molar-refractivity contribution in [3.8, 4) is 5.75 Å². The average molecular weight is 448 g/mol. The minimum Gasteiger partial charge on any atom is -0.497 e. The molecule has 0 aliphatic carbocycles. The highest BCUT2D eigenvalue weighted by molar-refractivity contribution is 6.25. The summed E-state index contributed by atoms with van der Waals surface area (Å²) in [6.45, 7) is 0.611. The number of hydrogen-bond acceptors (Lipinski definition) is 7. The quantitative estimate of drug-likeness (QED) is 0.433. The van der Waals surface area contributed by atoms with Gasteiger partial charge in [0.05, 0.1) is 29.6 Å². The molecule has 10 nitrogen and oxygen atoms in total. The fraction of sp³-hybridized carbons (Fsp3) is 0.348. The van der Waals surface area contributed by atoms with E-state index in [9.17, 15) is 24.5 Å². The van der Waals surface area contributed by atoms with Crippen LogP contribution in [0.15, 0.2) is 42.5 Å². The number of hydrogen-bond donors (Lipinski definition) is 1. The monoisotopic (exact) mass is 448 g/mol. The first-order chi connectivity index (χ1) is 15.9. The molecule has 0 aromatic heterocycles. The van der Waals surface area contributed by atoms with Crippen molar-refractivity contribution in [2.45, 2.75) is 24.4 Å². The third kappa shape index (κ3) is 2.33. The van der Waals surface area contributed by atoms with Gasteiger partial charge in [0.15, 0.2) is 0 Å². The Hall–Kier alpha value is -3.79. The lowest BCUT2D eigenvalue weighted by atomic mass is 9.75. The maximum absolute atomic E-state index is 13.9. The number of nitrogens with one attached hydrogen (secondary N) is 1. The van der Waals surface area contributed by atoms with Gasteiger partial charge in [-0.15, -0.1) is 0 Å². The number of non-ortho nitro benzene ring substituents is 1. The largest absolute Gasteiger partial charge is 0.497 e. The van der Waals surface area contributed by atoms with E-state index >= 15 is 0 Å². The summed E-state index contributed by atoms with van der Waals surface area (Å²) in [4.78, 5) is 54.7. The average Bonchev–Trinajstić information content (AvgIpc) is 3.51. The van der Waals surface area contributed by atoms with Gasteiger partial charge >= 0.3 is 0 Å². The Labute approximate surface area is 188 Å². The number of nitrogens with zero attached hydrogens (tertiary/aromatic N) is 3. The van der Waals surface area contributed by atoms with Gasteiger partial charge in [0.1, 0.15) is 11.3 Å². The molecule has 4 heterocycles. The predicted molar refractivity (Wildman–Crippen MR) is 116 cm³/mol. The van der Waals surface area contributed by atoms with Gasteiger partial charge in [-0.3, -0.25) is 29.4 Å². The minimum absolute atomic E-state index is 0.132. The number of fused-ring (bicyclic) bond motifs is 7. The molecular formula is C23H20N4O6. The number of imide groups is 1. The Kier molecular flexibility index (Phi) is 3.98. The zero-order valence-corrected chi connectivity index (χ0v) is 17.7. The molecule has 2 aromatic carbocycles. The lowest BCUT2D eigenvalue weighted by Crippen LogP contribution is -2.54. The molecule has 33 heavy (non-hydrogen) atoms. The molecule has 0 bridgehead atoms. The molecule has 0 saturated carbocycles. The molecule has 1 N–H and O–H groups in total. The summed E-state index contributed by atoms with van der Waals surface area (Å²) in [6, 6.07) is 10.4. The molecule has 1 spiro atoms. The van der Waals surface area contributed by atoms with Crippen LogP contribution in [0.4, 0.5) is 17.1 Å². The number of anilines is 2. The first-order valence-electron chi connectivity index (χ1n) is 10.8. The molecule has 168 valence electrons. The van der Waals surface area contributed by atoms with E-state index in [1.54, 1.807) is 18.2 Å². The summed E-state index contributed by atoms with van der Waals surface area (Å²) in [5.41, 5.74) is 0.110. The van der Waals surface area contributed by atoms with E-state index in [-0.39, 0.29) is 29.2 Å². The molecule has 0 radical (unpaired) electrons. The number of nitro benzene ring substituents is 1. The lowest BCUT2D eigenvalue weighted by Gasteiger charge is -2.36. The van der Waals surface area contributed by atoms with Gasteiger partial charge in [-0.2, -0.15) is 0 Å². The van der Waals surface area contributed by atoms with E-state index in [1.165, 1.54) is 31.4 Å². The summed E-state index contributed by atoms with van der Waals surface area (Å²) in [5.74, 6) is -2.13. The molecule has 2 aromatic rings. The van der Waals surface area contributed by atoms with Crippen LogP contribution in [0.2, 0.25) is 0 Å². The van der Waals surface area contributed by atoms with Gasteiger partial charge in [0.2, 0.25) is 17.7 Å². The summed E-state index contributed by atoms with van der Waals surface area (Å²) < 4.78 is 5.39. The molecule has 4 atom stereocenters. The maximum Gasteiger partial charge on any atom is 0.269 e. The van der Waals surface area contributed by atoms with Crippen LogP contribution in [-0.2, 0) is 19.9 Å². The van der Waals surface area contributed by atoms with E-state index < -0.39 is 28.2 Å². The van der Waals surface area contributed by atoms with Gasteiger partial charge in [0, 0.05) is 29.4 Å². The molecule has 3 fully saturated rings. The highest BCUT2D eigenvalue weighted by Crippen LogP contribution is 2.61. The van der Waals surface area contributed by atoms with Crippen molar-refractivity contribution in [3.63, 3.8) is 0 Å². The number of benzene rings is 2. The molecule has 4 aliphatic rings. The van der Waals surface area contributed by atoms with Crippen molar-refractivity contribution >= 4 is 34.8 Å². The van der Waals surface area contributed by atoms with Crippen molar-refractivity contribution < 1.29 is 24.0 Å². The smallest absolute Gasteiger partial charge is 0.269 e. The summed E-state index contributed by atoms with van der Waals surface area (Å²) in [5, 5.41) is 13.9. The number of methoxy groups -OCH3 is 1. The summed E-state index contributed by atoms with van der Waals surface area (Å²) in [6.07, 6.45) is 1.53. The normalized spacial score (nSPS) is 29.9. The van der Waals surface area contributed by atoms with Gasteiger partial charge < -0.3 is 10.1 Å². The van der Waals surface area contributed by atoms with Gasteiger partial charge in [-0.1, -0.05) is 0 Å². The van der Waals surface area contributed by atoms with Crippen molar-refractivity contribution in [3.05, 3.63) is 58.1 Å². The summed E-state index contributed by atoms with van der Waals surface area (Å²) in [7, 11) is 1.54. The van der Waals surface area contributed by atoms with Crippen LogP contribution in [0.25, 0.3) is 0 Å². The molecule has 0 unspecified atom stereocenters. The number of amides is 3. The Balaban J connectivity index is 1.51. The van der Waals surface area contributed by atoms with Crippen molar-refractivity contribution in [2.75, 3.05) is 23.9 Å². The van der Waals surface area contributed by atoms with E-state index in [2.05, 4.69) is 5.32 Å². The minimum atomic E-state index is -1.29. The molecule has 6 rings (SSSR count). The molecule has 3 saturated heterocycles. The SMILES string of the molecule is COc1ccc2c(c1)[C@@]1(C(=O)N2)[C@@H]2C(=O)N(c3ccc([N+](=O)[O-])cc3)C(=O)[C@@H]2[C@H]2CCCN21. The van der Waals surface area contributed by atoms with E-state index in [0.717, 1.165) is 11.3 Å². The zero-order chi connectivity index (χ0) is 23.1. The zero-order valence-electron chi connectivity index (χ0n) is 17.7. The van der Waals surface area contributed by atoms with Crippen molar-refractivity contribution in [2.24, 2.45) is 11.8 Å². The second kappa shape index (κ2) is 6.61. The van der Waals surface area contributed by atoms with Crippen LogP contribution < -0.4 is 15.0 Å². The van der Waals surface area contributed by atoms with Crippen LogP contribution in [0, 0.1) is 22.0 Å². The van der Waals surface area contributed by atoms with Gasteiger partial charge in [-0.05, 0) is 49.7 Å². The molecule has 10 heteroatoms. The van der Waals surface area contributed by atoms with Crippen LogP contribution in [0.1, 0.15) is 18.4 Å². The predicted octanol–water partition coefficient (Wildman–Crippen LogP) is 2.03. The van der Waals surface area contributed by atoms with Crippen LogP contribution in [-0.4, -0.2) is 47.2 Å². The third-order valence-corrected chi connectivity index (χ3v) is 7.52. The second-order valence-corrected chi connectivity index (χ2v) is 8.82. The van der Waals surface area contributed by atoms with E-state index in [1.807, 2.05) is 4.90 Å². The molecular weight excluding hydrogens is 428 g/mol. The fourth-order valence-corrected chi connectivity index (χ4v) is 6.29. The van der Waals surface area contributed by atoms with Crippen molar-refractivity contribution in [1.29, 1.82) is 0 Å². The maximum atomic E-state index is 13.9. The Morgan fingerprint density at radius 3 is 2.58 bits per heavy atom. The summed E-state index contributed by atoms with van der Waals surface area (Å²) >= 11 is 0. The van der Waals surface area contributed by atoms with E-state index in [0.29, 0.717) is 30.0 Å². The number of nitro groups is 1. The number of ether oxygens (including phenoxy) is 1. The number of carbonyl (C=O) groups is 3. The molecule has 4 aliphatic heterocycles. The topological polar surface area (TPSA) is 122 Å². The highest BCUT2D eigenvalue weighted by Gasteiger charge is 2.74. The van der Waals surface area contributed by atoms with Crippen molar-refractivity contribution in [1.82, 2.24) is 4.90 Å². The van der Waals surface area contributed by atoms with E-state index in [4.69, 9.17) is 4.74 Å². The number of carbonyl (C=O) groups excluding carboxylic acids is 3.